The Kier molecular flexibility index (Phi) is 3.42. The van der Waals surface area contributed by atoms with Crippen LogP contribution in [0.3, 0.4) is 0 Å². The van der Waals surface area contributed by atoms with Gasteiger partial charge < -0.3 is 10.3 Å². The van der Waals surface area contributed by atoms with Crippen LogP contribution in [0.5, 0.6) is 0 Å². The summed E-state index contributed by atoms with van der Waals surface area (Å²) in [6.07, 6.45) is 5.02. The van der Waals surface area contributed by atoms with E-state index in [1.165, 1.54) is 9.25 Å². The number of carbonyl (C=O) groups excluding carboxylic acids is 1. The van der Waals surface area contributed by atoms with Gasteiger partial charge in [0.1, 0.15) is 5.69 Å². The number of para-hydroxylation sites is 1. The first-order chi connectivity index (χ1) is 12.0. The van der Waals surface area contributed by atoms with E-state index in [0.717, 1.165) is 10.9 Å². The molecule has 1 amide bonds. The summed E-state index contributed by atoms with van der Waals surface area (Å²) < 4.78 is 2.84. The lowest BCUT2D eigenvalue weighted by atomic mass is 10.1. The molecular weight excluding hydrogens is 318 g/mol. The average Bonchev–Trinajstić information content (AvgIpc) is 3.16. The van der Waals surface area contributed by atoms with E-state index in [-0.39, 0.29) is 17.6 Å². The zero-order valence-corrected chi connectivity index (χ0v) is 13.9. The smallest absolute Gasteiger partial charge is 0.325 e. The SMILES string of the molecule is CC(C)NC(=O)n1cc2[nH]cc3c(=O)n(-c4ccccc4)nc-3c2c1. The summed E-state index contributed by atoms with van der Waals surface area (Å²) in [6.45, 7) is 3.80. The zero-order valence-electron chi connectivity index (χ0n) is 13.9. The number of nitrogens with one attached hydrogen (secondary N) is 2. The fraction of sp³-hybridized carbons (Fsp3) is 0.167. The lowest BCUT2D eigenvalue weighted by molar-refractivity contribution is 0.240. The van der Waals surface area contributed by atoms with Crippen molar-refractivity contribution < 1.29 is 4.79 Å². The second-order valence-electron chi connectivity index (χ2n) is 6.20. The number of fused-ring (bicyclic) bond motifs is 3. The molecule has 0 saturated carbocycles. The molecular formula is C18H17N5O2. The molecule has 2 aliphatic heterocycles. The van der Waals surface area contributed by atoms with E-state index in [4.69, 9.17) is 0 Å². The molecule has 1 aromatic heterocycles. The predicted octanol–water partition coefficient (Wildman–Crippen LogP) is 2.59. The molecule has 0 saturated heterocycles. The number of pyridine rings is 1. The molecule has 0 atom stereocenters. The first-order valence-electron chi connectivity index (χ1n) is 8.03. The van der Waals surface area contributed by atoms with Crippen LogP contribution in [0.15, 0.2) is 53.7 Å². The van der Waals surface area contributed by atoms with Crippen LogP contribution in [0.1, 0.15) is 13.8 Å². The number of aromatic nitrogens is 4. The van der Waals surface area contributed by atoms with Gasteiger partial charge in [0, 0.05) is 30.0 Å². The second kappa shape index (κ2) is 5.62. The monoisotopic (exact) mass is 335 g/mol. The van der Waals surface area contributed by atoms with Gasteiger partial charge in [-0.3, -0.25) is 9.36 Å². The highest BCUT2D eigenvalue weighted by molar-refractivity contribution is 5.95. The average molecular weight is 335 g/mol. The molecule has 7 heteroatoms. The summed E-state index contributed by atoms with van der Waals surface area (Å²) in [4.78, 5) is 27.9. The first kappa shape index (κ1) is 15.2. The van der Waals surface area contributed by atoms with Crippen LogP contribution < -0.4 is 10.9 Å². The van der Waals surface area contributed by atoms with Gasteiger partial charge >= 0.3 is 6.03 Å². The lowest BCUT2D eigenvalue weighted by Gasteiger charge is -2.07. The molecule has 0 bridgehead atoms. The van der Waals surface area contributed by atoms with E-state index in [0.29, 0.717) is 16.9 Å². The molecule has 0 spiro atoms. The van der Waals surface area contributed by atoms with Crippen LogP contribution in [-0.2, 0) is 0 Å². The first-order valence-corrected chi connectivity index (χ1v) is 8.03. The fourth-order valence-corrected chi connectivity index (χ4v) is 2.83. The van der Waals surface area contributed by atoms with Gasteiger partial charge in [-0.15, -0.1) is 0 Å². The third-order valence-electron chi connectivity index (χ3n) is 3.98. The van der Waals surface area contributed by atoms with Crippen LogP contribution >= 0.6 is 0 Å². The molecule has 0 fully saturated rings. The number of carbonyl (C=O) groups is 1. The Morgan fingerprint density at radius 3 is 2.68 bits per heavy atom. The highest BCUT2D eigenvalue weighted by atomic mass is 16.2. The Morgan fingerprint density at radius 1 is 1.20 bits per heavy atom. The van der Waals surface area contributed by atoms with E-state index in [1.54, 1.807) is 18.6 Å². The van der Waals surface area contributed by atoms with Crippen LogP contribution in [-0.4, -0.2) is 31.4 Å². The van der Waals surface area contributed by atoms with Crippen LogP contribution in [0.25, 0.3) is 27.8 Å². The molecule has 2 N–H and O–H groups in total. The van der Waals surface area contributed by atoms with Gasteiger partial charge in [0.2, 0.25) is 0 Å². The van der Waals surface area contributed by atoms with Gasteiger partial charge in [-0.2, -0.15) is 9.78 Å². The van der Waals surface area contributed by atoms with E-state index >= 15 is 0 Å². The van der Waals surface area contributed by atoms with Crippen molar-refractivity contribution in [3.8, 4) is 16.9 Å². The molecule has 0 radical (unpaired) electrons. The Balaban J connectivity index is 1.88. The fourth-order valence-electron chi connectivity index (χ4n) is 2.83. The van der Waals surface area contributed by atoms with E-state index < -0.39 is 0 Å². The van der Waals surface area contributed by atoms with Crippen LogP contribution in [0.4, 0.5) is 4.79 Å². The largest absolute Gasteiger partial charge is 0.359 e. The Labute approximate surface area is 143 Å². The minimum Gasteiger partial charge on any atom is -0.359 e. The second-order valence-corrected chi connectivity index (χ2v) is 6.20. The molecule has 0 unspecified atom stereocenters. The van der Waals surface area contributed by atoms with Crippen molar-refractivity contribution in [2.45, 2.75) is 19.9 Å². The van der Waals surface area contributed by atoms with Crippen molar-refractivity contribution in [3.05, 3.63) is 59.3 Å². The summed E-state index contributed by atoms with van der Waals surface area (Å²) >= 11 is 0. The summed E-state index contributed by atoms with van der Waals surface area (Å²) in [5, 5.41) is 8.04. The summed E-state index contributed by atoms with van der Waals surface area (Å²) in [5.41, 5.74) is 2.30. The minimum absolute atomic E-state index is 0.0348. The van der Waals surface area contributed by atoms with Crippen molar-refractivity contribution in [1.82, 2.24) is 24.6 Å². The molecule has 25 heavy (non-hydrogen) atoms. The zero-order chi connectivity index (χ0) is 17.6. The van der Waals surface area contributed by atoms with Crippen LogP contribution in [0, 0.1) is 0 Å². The quantitative estimate of drug-likeness (QED) is 0.590. The maximum Gasteiger partial charge on any atom is 0.325 e. The molecule has 0 aliphatic carbocycles. The van der Waals surface area contributed by atoms with Gasteiger partial charge in [0.15, 0.2) is 0 Å². The third-order valence-corrected chi connectivity index (χ3v) is 3.98. The van der Waals surface area contributed by atoms with E-state index in [2.05, 4.69) is 15.4 Å². The lowest BCUT2D eigenvalue weighted by Crippen LogP contribution is -2.33. The third kappa shape index (κ3) is 2.50. The number of aromatic amines is 1. The maximum absolute atomic E-state index is 12.7. The molecule has 2 aliphatic rings. The number of nitrogens with zero attached hydrogens (tertiary/aromatic N) is 3. The molecule has 126 valence electrons. The highest BCUT2D eigenvalue weighted by Gasteiger charge is 2.20. The van der Waals surface area contributed by atoms with E-state index in [1.807, 2.05) is 44.2 Å². The Bertz CT molecular complexity index is 1090. The van der Waals surface area contributed by atoms with Gasteiger partial charge in [-0.05, 0) is 26.0 Å². The molecule has 3 heterocycles. The highest BCUT2D eigenvalue weighted by Crippen LogP contribution is 2.26. The van der Waals surface area contributed by atoms with Gasteiger partial charge in [0.05, 0.1) is 16.8 Å². The van der Waals surface area contributed by atoms with Gasteiger partial charge in [0.25, 0.3) is 5.56 Å². The van der Waals surface area contributed by atoms with Crippen molar-refractivity contribution in [3.63, 3.8) is 0 Å². The molecule has 2 aromatic rings. The molecule has 4 rings (SSSR count). The van der Waals surface area contributed by atoms with Crippen molar-refractivity contribution >= 4 is 16.9 Å². The number of rotatable bonds is 2. The maximum atomic E-state index is 12.7. The Morgan fingerprint density at radius 2 is 1.96 bits per heavy atom. The van der Waals surface area contributed by atoms with Crippen LogP contribution in [0.2, 0.25) is 0 Å². The number of benzene rings is 1. The number of H-pyrrole nitrogens is 1. The number of hydrogen-bond acceptors (Lipinski definition) is 3. The van der Waals surface area contributed by atoms with Gasteiger partial charge in [-0.25, -0.2) is 4.79 Å². The summed E-state index contributed by atoms with van der Waals surface area (Å²) in [7, 11) is 0. The standard InChI is InChI=1S/C18H17N5O2/c1-11(2)20-18(25)22-9-14-15(10-22)19-8-13-16(14)21-23(17(13)24)12-6-4-3-5-7-12/h3-11,19H,1-2H3,(H,20,25). The summed E-state index contributed by atoms with van der Waals surface area (Å²) in [5.74, 6) is 0. The normalized spacial score (nSPS) is 11.5. The number of hydrogen-bond donors (Lipinski definition) is 2. The van der Waals surface area contributed by atoms with E-state index in [9.17, 15) is 9.59 Å². The summed E-state index contributed by atoms with van der Waals surface area (Å²) in [6, 6.07) is 9.07. The minimum atomic E-state index is -0.224. The van der Waals surface area contributed by atoms with Crippen molar-refractivity contribution in [1.29, 1.82) is 0 Å². The predicted molar refractivity (Wildman–Crippen MR) is 95.4 cm³/mol. The van der Waals surface area contributed by atoms with Crippen molar-refractivity contribution in [2.24, 2.45) is 0 Å². The van der Waals surface area contributed by atoms with Crippen molar-refractivity contribution in [2.75, 3.05) is 0 Å². The Hall–Kier alpha value is -3.35. The topological polar surface area (TPSA) is 84.7 Å². The molecule has 1 aromatic carbocycles. The van der Waals surface area contributed by atoms with Gasteiger partial charge in [-0.1, -0.05) is 18.2 Å². The number of amides is 1. The molecule has 7 nitrogen and oxygen atoms in total.